The van der Waals surface area contributed by atoms with Crippen molar-refractivity contribution < 1.29 is 58.4 Å². The Bertz CT molecular complexity index is 814. The van der Waals surface area contributed by atoms with E-state index in [0.29, 0.717) is 19.3 Å². The predicted molar refractivity (Wildman–Crippen MR) is 130 cm³/mol. The smallest absolute Gasteiger partial charge is 0.372 e. The van der Waals surface area contributed by atoms with Crippen LogP contribution < -0.4 is 10.6 Å². The maximum Gasteiger partial charge on any atom is 0.372 e. The number of ketones is 2. The first-order valence-electron chi connectivity index (χ1n) is 12.5. The lowest BCUT2D eigenvalue weighted by atomic mass is 10.1. The number of amides is 2. The lowest BCUT2D eigenvalue weighted by Gasteiger charge is -2.14. The van der Waals surface area contributed by atoms with Gasteiger partial charge in [-0.1, -0.05) is 13.3 Å². The number of hydrogen-bond donors (Lipinski definition) is 5. The summed E-state index contributed by atoms with van der Waals surface area (Å²) >= 11 is 0. The van der Waals surface area contributed by atoms with Crippen LogP contribution in [0.4, 0.5) is 0 Å². The normalized spacial score (nSPS) is 12.2. The topological polar surface area (TPSA) is 223 Å². The van der Waals surface area contributed by atoms with Crippen molar-refractivity contribution in [2.45, 2.75) is 83.2 Å². The first-order chi connectivity index (χ1) is 18.0. The molecule has 0 aliphatic carbocycles. The number of aliphatic carboxylic acids is 3. The molecule has 2 atom stereocenters. The van der Waals surface area contributed by atoms with Gasteiger partial charge in [-0.3, -0.25) is 19.2 Å². The van der Waals surface area contributed by atoms with Crippen LogP contribution >= 0.6 is 0 Å². The highest BCUT2D eigenvalue weighted by atomic mass is 16.5. The predicted octanol–water partition coefficient (Wildman–Crippen LogP) is 0.302. The van der Waals surface area contributed by atoms with E-state index in [-0.39, 0.29) is 77.2 Å². The molecule has 5 N–H and O–H groups in total. The van der Waals surface area contributed by atoms with Crippen molar-refractivity contribution in [2.75, 3.05) is 26.4 Å². The van der Waals surface area contributed by atoms with Crippen LogP contribution in [0, 0.1) is 0 Å². The minimum Gasteiger partial charge on any atom is -0.480 e. The minimum absolute atomic E-state index is 0.0576. The molecule has 216 valence electrons. The molecule has 0 aromatic carbocycles. The van der Waals surface area contributed by atoms with Crippen LogP contribution in [0.2, 0.25) is 0 Å². The maximum absolute atomic E-state index is 12.0. The molecular weight excluding hydrogens is 508 g/mol. The summed E-state index contributed by atoms with van der Waals surface area (Å²) < 4.78 is 10.4. The number of rotatable bonds is 24. The van der Waals surface area contributed by atoms with Gasteiger partial charge in [0, 0.05) is 32.3 Å². The van der Waals surface area contributed by atoms with Crippen molar-refractivity contribution in [1.82, 2.24) is 10.6 Å². The Labute approximate surface area is 220 Å². The van der Waals surface area contributed by atoms with Crippen LogP contribution in [0.25, 0.3) is 0 Å². The highest BCUT2D eigenvalue weighted by Crippen LogP contribution is 2.06. The number of carbonyl (C=O) groups excluding carboxylic acids is 4. The van der Waals surface area contributed by atoms with Crippen molar-refractivity contribution in [3.63, 3.8) is 0 Å². The monoisotopic (exact) mass is 546 g/mol. The standard InChI is InChI=1S/C24H38N2O12/c1-2-6-17(22(31)32)26-21(30)15-38-14-13-37-12-5-7-16(27)10-11-18(23(33)34)25-20(29)9-4-3-8-19(28)24(35)36/h17-18H,2-15H2,1H3,(H,25,29)(H,26,30)(H,31,32)(H,33,34)(H,35,36). The van der Waals surface area contributed by atoms with E-state index in [1.807, 2.05) is 0 Å². The summed E-state index contributed by atoms with van der Waals surface area (Å²) in [5.41, 5.74) is 0. The SMILES string of the molecule is CCCC(NC(=O)COCCOCCCC(=O)CCC(NC(=O)CCCCC(=O)C(=O)O)C(=O)O)C(=O)O. The Morgan fingerprint density at radius 1 is 0.658 bits per heavy atom. The second-order valence-electron chi connectivity index (χ2n) is 8.49. The Kier molecular flexibility index (Phi) is 18.8. The summed E-state index contributed by atoms with van der Waals surface area (Å²) in [6, 6.07) is -2.20. The van der Waals surface area contributed by atoms with Gasteiger partial charge >= 0.3 is 17.9 Å². The number of Topliss-reactive ketones (excluding diaryl/α,β-unsaturated/α-hetero) is 2. The van der Waals surface area contributed by atoms with Gasteiger partial charge in [-0.2, -0.15) is 0 Å². The first-order valence-corrected chi connectivity index (χ1v) is 12.5. The van der Waals surface area contributed by atoms with Crippen LogP contribution in [0.15, 0.2) is 0 Å². The van der Waals surface area contributed by atoms with E-state index in [1.54, 1.807) is 6.92 Å². The van der Waals surface area contributed by atoms with Crippen molar-refractivity contribution in [1.29, 1.82) is 0 Å². The molecule has 38 heavy (non-hydrogen) atoms. The summed E-state index contributed by atoms with van der Waals surface area (Å²) in [5.74, 6) is -6.19. The van der Waals surface area contributed by atoms with Gasteiger partial charge in [-0.15, -0.1) is 0 Å². The average molecular weight is 547 g/mol. The van der Waals surface area contributed by atoms with Gasteiger partial charge < -0.3 is 35.4 Å². The van der Waals surface area contributed by atoms with Gasteiger partial charge in [0.2, 0.25) is 17.6 Å². The number of ether oxygens (including phenoxy) is 2. The summed E-state index contributed by atoms with van der Waals surface area (Å²) in [6.45, 7) is 2.00. The molecule has 0 saturated heterocycles. The van der Waals surface area contributed by atoms with E-state index in [4.69, 9.17) is 19.7 Å². The van der Waals surface area contributed by atoms with E-state index in [1.165, 1.54) is 0 Å². The zero-order valence-corrected chi connectivity index (χ0v) is 21.6. The van der Waals surface area contributed by atoms with E-state index >= 15 is 0 Å². The van der Waals surface area contributed by atoms with Gasteiger partial charge in [0.25, 0.3) is 0 Å². The summed E-state index contributed by atoms with van der Waals surface area (Å²) in [6.07, 6.45) is 1.44. The maximum atomic E-state index is 12.0. The molecule has 0 aliphatic rings. The number of carboxylic acid groups (broad SMARTS) is 3. The zero-order valence-electron chi connectivity index (χ0n) is 21.6. The molecule has 0 aromatic rings. The van der Waals surface area contributed by atoms with Gasteiger partial charge in [0.05, 0.1) is 13.2 Å². The molecule has 0 aliphatic heterocycles. The second kappa shape index (κ2) is 20.6. The molecule has 14 nitrogen and oxygen atoms in total. The molecule has 0 saturated carbocycles. The fraction of sp³-hybridized carbons (Fsp3) is 0.708. The molecule has 0 aromatic heterocycles. The lowest BCUT2D eigenvalue weighted by molar-refractivity contribution is -0.149. The first kappa shape index (κ1) is 34.6. The fourth-order valence-corrected chi connectivity index (χ4v) is 3.17. The fourth-order valence-electron chi connectivity index (χ4n) is 3.17. The molecule has 0 radical (unpaired) electrons. The second-order valence-corrected chi connectivity index (χ2v) is 8.49. The molecule has 0 heterocycles. The van der Waals surface area contributed by atoms with Crippen molar-refractivity contribution in [3.05, 3.63) is 0 Å². The van der Waals surface area contributed by atoms with Crippen molar-refractivity contribution in [2.24, 2.45) is 0 Å². The molecule has 0 fully saturated rings. The number of nitrogens with one attached hydrogen (secondary N) is 2. The van der Waals surface area contributed by atoms with Gasteiger partial charge in [-0.25, -0.2) is 14.4 Å². The number of hydrogen-bond acceptors (Lipinski definition) is 9. The zero-order chi connectivity index (χ0) is 28.9. The third-order valence-corrected chi connectivity index (χ3v) is 5.20. The highest BCUT2D eigenvalue weighted by Gasteiger charge is 2.21. The Hall–Kier alpha value is -3.39. The third-order valence-electron chi connectivity index (χ3n) is 5.20. The van der Waals surface area contributed by atoms with Crippen LogP contribution in [0.3, 0.4) is 0 Å². The molecule has 0 rings (SSSR count). The summed E-state index contributed by atoms with van der Waals surface area (Å²) in [5, 5.41) is 31.4. The van der Waals surface area contributed by atoms with Gasteiger partial charge in [0.1, 0.15) is 24.5 Å². The van der Waals surface area contributed by atoms with Crippen LogP contribution in [0.5, 0.6) is 0 Å². The lowest BCUT2D eigenvalue weighted by Crippen LogP contribution is -2.42. The Balaban J connectivity index is 3.97. The average Bonchev–Trinajstić information content (AvgIpc) is 2.85. The molecule has 2 amide bonds. The number of carbonyl (C=O) groups is 7. The van der Waals surface area contributed by atoms with Crippen molar-refractivity contribution in [3.8, 4) is 0 Å². The minimum atomic E-state index is -1.54. The number of carboxylic acids is 3. The van der Waals surface area contributed by atoms with Crippen LogP contribution in [0.1, 0.15) is 71.1 Å². The third kappa shape index (κ3) is 17.9. The van der Waals surface area contributed by atoms with Crippen LogP contribution in [-0.2, 0) is 43.0 Å². The quantitative estimate of drug-likeness (QED) is 0.0814. The molecule has 0 bridgehead atoms. The van der Waals surface area contributed by atoms with Crippen molar-refractivity contribution >= 4 is 41.3 Å². The van der Waals surface area contributed by atoms with Gasteiger partial charge in [-0.05, 0) is 32.1 Å². The van der Waals surface area contributed by atoms with E-state index in [2.05, 4.69) is 10.6 Å². The van der Waals surface area contributed by atoms with E-state index in [0.717, 1.165) is 0 Å². The van der Waals surface area contributed by atoms with E-state index in [9.17, 15) is 38.7 Å². The van der Waals surface area contributed by atoms with Crippen LogP contribution in [-0.4, -0.2) is 95.1 Å². The van der Waals surface area contributed by atoms with E-state index < -0.39 is 47.6 Å². The molecule has 14 heteroatoms. The highest BCUT2D eigenvalue weighted by molar-refractivity contribution is 6.32. The summed E-state index contributed by atoms with van der Waals surface area (Å²) in [7, 11) is 0. The Morgan fingerprint density at radius 2 is 1.24 bits per heavy atom. The molecular formula is C24H38N2O12. The molecule has 2 unspecified atom stereocenters. The molecule has 0 spiro atoms. The van der Waals surface area contributed by atoms with Gasteiger partial charge in [0.15, 0.2) is 0 Å². The Morgan fingerprint density at radius 3 is 1.84 bits per heavy atom. The largest absolute Gasteiger partial charge is 0.480 e. The number of unbranched alkanes of at least 4 members (excludes halogenated alkanes) is 1. The summed E-state index contributed by atoms with van der Waals surface area (Å²) in [4.78, 5) is 79.4.